The van der Waals surface area contributed by atoms with Gasteiger partial charge in [-0.25, -0.2) is 0 Å². The maximum atomic E-state index is 12.4. The molecule has 1 N–H and O–H groups in total. The first-order valence-corrected chi connectivity index (χ1v) is 6.58. The van der Waals surface area contributed by atoms with Gasteiger partial charge < -0.3 is 5.11 Å². The minimum absolute atomic E-state index is 0.328. The van der Waals surface area contributed by atoms with E-state index in [-0.39, 0.29) is 11.5 Å². The monoisotopic (exact) mass is 279 g/mol. The van der Waals surface area contributed by atoms with Gasteiger partial charge in [-0.15, -0.1) is 0 Å². The third kappa shape index (κ3) is 3.15. The van der Waals surface area contributed by atoms with Gasteiger partial charge in [0.15, 0.2) is 4.98 Å². The summed E-state index contributed by atoms with van der Waals surface area (Å²) in [7, 11) is 0. The van der Waals surface area contributed by atoms with Crippen LogP contribution < -0.4 is 0 Å². The van der Waals surface area contributed by atoms with Crippen molar-refractivity contribution in [3.8, 4) is 0 Å². The minimum atomic E-state index is -0.511. The Balaban J connectivity index is 2.38. The number of aliphatic hydroxyl groups is 1. The van der Waals surface area contributed by atoms with Gasteiger partial charge in [0.1, 0.15) is 0 Å². The summed E-state index contributed by atoms with van der Waals surface area (Å²) in [5, 5.41) is 19.3. The molecule has 2 rings (SSSR count). The number of aliphatic hydroxyl groups excluding tert-OH is 1. The van der Waals surface area contributed by atoms with Crippen LogP contribution in [0.25, 0.3) is 10.7 Å². The molecule has 0 saturated heterocycles. The summed E-state index contributed by atoms with van der Waals surface area (Å²) < 4.78 is 0. The molecule has 0 saturated carbocycles. The summed E-state index contributed by atoms with van der Waals surface area (Å²) in [4.78, 5) is 15.4. The standard InChI is InChI=1S/C17H14N2O2/c1-12(13-8-4-2-5-9-13)16(20)15(19-18)17(21)14-10-6-3-7-11-14/h2-12H,1H3/p+1. The molecule has 2 aromatic rings. The Morgan fingerprint density at radius 3 is 2.10 bits per heavy atom. The van der Waals surface area contributed by atoms with Gasteiger partial charge in [0.25, 0.3) is 5.78 Å². The lowest BCUT2D eigenvalue weighted by Crippen LogP contribution is -2.12. The highest BCUT2D eigenvalue weighted by atomic mass is 16.3. The maximum absolute atomic E-state index is 12.4. The molecule has 0 spiro atoms. The molecule has 0 amide bonds. The lowest BCUT2D eigenvalue weighted by molar-refractivity contribution is -0.116. The molecule has 2 aromatic carbocycles. The zero-order valence-electron chi connectivity index (χ0n) is 11.6. The van der Waals surface area contributed by atoms with Crippen LogP contribution in [0.5, 0.6) is 0 Å². The average Bonchev–Trinajstić information content (AvgIpc) is 2.56. The summed E-state index contributed by atoms with van der Waals surface area (Å²) >= 11 is 0. The van der Waals surface area contributed by atoms with Crippen LogP contribution in [0.2, 0.25) is 0 Å². The van der Waals surface area contributed by atoms with Crippen LogP contribution in [0.3, 0.4) is 0 Å². The predicted octanol–water partition coefficient (Wildman–Crippen LogP) is 4.14. The number of carbonyl (C=O) groups excluding carboxylic acids is 1. The molecular weight excluding hydrogens is 264 g/mol. The molecule has 4 nitrogen and oxygen atoms in total. The van der Waals surface area contributed by atoms with Crippen LogP contribution in [0.15, 0.2) is 66.4 Å². The van der Waals surface area contributed by atoms with Crippen LogP contribution in [-0.4, -0.2) is 10.9 Å². The molecule has 0 aliphatic rings. The second-order valence-electron chi connectivity index (χ2n) is 4.66. The van der Waals surface area contributed by atoms with Crippen LogP contribution in [0.1, 0.15) is 24.0 Å². The van der Waals surface area contributed by atoms with Gasteiger partial charge in [0, 0.05) is 5.56 Å². The Bertz CT molecular complexity index is 701. The van der Waals surface area contributed by atoms with E-state index in [0.29, 0.717) is 5.56 Å². The zero-order chi connectivity index (χ0) is 15.2. The van der Waals surface area contributed by atoms with E-state index in [1.54, 1.807) is 37.3 Å². The number of rotatable bonds is 4. The molecule has 4 heteroatoms. The highest BCUT2D eigenvalue weighted by molar-refractivity contribution is 6.06. The molecule has 0 heterocycles. The smallest absolute Gasteiger partial charge is 0.469 e. The number of carbonyl (C=O) groups is 1. The Morgan fingerprint density at radius 2 is 1.57 bits per heavy atom. The van der Waals surface area contributed by atoms with E-state index in [9.17, 15) is 9.90 Å². The molecule has 0 radical (unpaired) electrons. The average molecular weight is 279 g/mol. The number of nitrogens with zero attached hydrogens (tertiary/aromatic N) is 2. The number of benzene rings is 2. The Morgan fingerprint density at radius 1 is 1.05 bits per heavy atom. The van der Waals surface area contributed by atoms with E-state index in [4.69, 9.17) is 5.39 Å². The first-order valence-electron chi connectivity index (χ1n) is 6.58. The van der Waals surface area contributed by atoms with E-state index in [1.807, 2.05) is 30.3 Å². The Kier molecular flexibility index (Phi) is 4.47. The summed E-state index contributed by atoms with van der Waals surface area (Å²) in [6, 6.07) is 17.7. The Hall–Kier alpha value is -2.93. The normalized spacial score (nSPS) is 13.0. The van der Waals surface area contributed by atoms with E-state index in [2.05, 4.69) is 4.98 Å². The van der Waals surface area contributed by atoms with Gasteiger partial charge in [-0.05, 0) is 5.56 Å². The molecule has 1 unspecified atom stereocenters. The van der Waals surface area contributed by atoms with Crippen molar-refractivity contribution in [2.24, 2.45) is 0 Å². The van der Waals surface area contributed by atoms with Gasteiger partial charge in [-0.3, -0.25) is 4.79 Å². The number of ketones is 1. The van der Waals surface area contributed by atoms with Crippen molar-refractivity contribution in [2.75, 3.05) is 0 Å². The highest BCUT2D eigenvalue weighted by Crippen LogP contribution is 2.25. The fourth-order valence-corrected chi connectivity index (χ4v) is 2.04. The number of hydrogen-bond donors (Lipinski definition) is 1. The fourth-order valence-electron chi connectivity index (χ4n) is 2.04. The van der Waals surface area contributed by atoms with E-state index < -0.39 is 11.7 Å². The van der Waals surface area contributed by atoms with Gasteiger partial charge in [-0.2, -0.15) is 0 Å². The topological polar surface area (TPSA) is 65.5 Å². The number of allylic oxidation sites excluding steroid dienone is 1. The zero-order valence-corrected chi connectivity index (χ0v) is 11.6. The van der Waals surface area contributed by atoms with Crippen molar-refractivity contribution >= 4 is 11.5 Å². The van der Waals surface area contributed by atoms with E-state index >= 15 is 0 Å². The van der Waals surface area contributed by atoms with Gasteiger partial charge in [-0.1, -0.05) is 67.6 Å². The van der Waals surface area contributed by atoms with E-state index in [0.717, 1.165) is 5.56 Å². The third-order valence-electron chi connectivity index (χ3n) is 3.30. The second kappa shape index (κ2) is 6.49. The largest absolute Gasteiger partial charge is 0.501 e. The van der Waals surface area contributed by atoms with Crippen molar-refractivity contribution in [3.63, 3.8) is 0 Å². The van der Waals surface area contributed by atoms with Crippen molar-refractivity contribution in [1.82, 2.24) is 0 Å². The van der Waals surface area contributed by atoms with Crippen molar-refractivity contribution in [2.45, 2.75) is 12.8 Å². The molecular formula is C17H15N2O2+. The van der Waals surface area contributed by atoms with Crippen LogP contribution >= 0.6 is 0 Å². The van der Waals surface area contributed by atoms with Gasteiger partial charge in [0.05, 0.1) is 5.92 Å². The molecule has 21 heavy (non-hydrogen) atoms. The lowest BCUT2D eigenvalue weighted by Gasteiger charge is -2.06. The second-order valence-corrected chi connectivity index (χ2v) is 4.66. The quantitative estimate of drug-likeness (QED) is 0.519. The molecule has 0 fully saturated rings. The highest BCUT2D eigenvalue weighted by Gasteiger charge is 2.34. The number of diazo groups is 1. The molecule has 0 aliphatic heterocycles. The first-order chi connectivity index (χ1) is 10.1. The van der Waals surface area contributed by atoms with Crippen LogP contribution in [0.4, 0.5) is 0 Å². The molecule has 0 aliphatic carbocycles. The Labute approximate surface area is 123 Å². The van der Waals surface area contributed by atoms with Crippen LogP contribution in [-0.2, 0) is 4.79 Å². The summed E-state index contributed by atoms with van der Waals surface area (Å²) in [5.41, 5.74) is 0.890. The molecule has 1 atom stereocenters. The minimum Gasteiger partial charge on any atom is -0.501 e. The van der Waals surface area contributed by atoms with Crippen molar-refractivity contribution in [1.29, 1.82) is 5.39 Å². The van der Waals surface area contributed by atoms with Crippen LogP contribution in [0, 0.1) is 5.39 Å². The van der Waals surface area contributed by atoms with Crippen molar-refractivity contribution in [3.05, 3.63) is 82.5 Å². The summed E-state index contributed by atoms with van der Waals surface area (Å²) in [5.74, 6) is -1.28. The lowest BCUT2D eigenvalue weighted by atomic mass is 9.94. The molecule has 104 valence electrons. The maximum Gasteiger partial charge on any atom is 0.469 e. The summed E-state index contributed by atoms with van der Waals surface area (Å²) in [6.07, 6.45) is 0. The predicted molar refractivity (Wildman–Crippen MR) is 80.9 cm³/mol. The number of hydrogen-bond acceptors (Lipinski definition) is 3. The van der Waals surface area contributed by atoms with Gasteiger partial charge >= 0.3 is 5.70 Å². The van der Waals surface area contributed by atoms with E-state index in [1.165, 1.54) is 0 Å². The third-order valence-corrected chi connectivity index (χ3v) is 3.30. The molecule has 0 bridgehead atoms. The van der Waals surface area contributed by atoms with Crippen molar-refractivity contribution < 1.29 is 9.90 Å². The SMILES string of the molecule is CC(C(=O)/C([N+]#N)=C(\O)c1ccccc1)c1ccccc1. The number of Topliss-reactive ketones (excluding diaryl/α,β-unsaturated/α-hetero) is 1. The molecule has 0 aromatic heterocycles. The fraction of sp³-hybridized carbons (Fsp3) is 0.118. The summed E-state index contributed by atoms with van der Waals surface area (Å²) in [6.45, 7) is 1.71. The van der Waals surface area contributed by atoms with Gasteiger partial charge in [0.2, 0.25) is 11.2 Å². The first kappa shape index (κ1) is 14.5.